The van der Waals surface area contributed by atoms with Crippen molar-refractivity contribution >= 4 is 29.1 Å². The van der Waals surface area contributed by atoms with E-state index in [-0.39, 0.29) is 11.3 Å². The van der Waals surface area contributed by atoms with Crippen molar-refractivity contribution in [1.82, 2.24) is 0 Å². The number of hydrogen-bond acceptors (Lipinski definition) is 5. The summed E-state index contributed by atoms with van der Waals surface area (Å²) in [5.41, 5.74) is 0.382. The Bertz CT molecular complexity index is 535. The van der Waals surface area contributed by atoms with Crippen molar-refractivity contribution in [1.29, 1.82) is 0 Å². The molecule has 0 aromatic heterocycles. The number of nitro benzene ring substituents is 1. The maximum Gasteiger partial charge on any atom is 0.338 e. The fraction of sp³-hybridized carbons (Fsp3) is 0.462. The van der Waals surface area contributed by atoms with Crippen molar-refractivity contribution < 1.29 is 14.8 Å². The summed E-state index contributed by atoms with van der Waals surface area (Å²) in [6, 6.07) is 4.05. The SMILES string of the molecule is CCC1CN(c2ccc([N+](=O)[O-])cc2C(=O)O)CCS1. The van der Waals surface area contributed by atoms with E-state index in [2.05, 4.69) is 6.92 Å². The van der Waals surface area contributed by atoms with Crippen molar-refractivity contribution in [2.75, 3.05) is 23.7 Å². The van der Waals surface area contributed by atoms with Crippen LogP contribution in [0.5, 0.6) is 0 Å². The molecule has 1 aromatic carbocycles. The Morgan fingerprint density at radius 2 is 2.35 bits per heavy atom. The summed E-state index contributed by atoms with van der Waals surface area (Å²) in [7, 11) is 0. The Morgan fingerprint density at radius 1 is 1.60 bits per heavy atom. The van der Waals surface area contributed by atoms with Gasteiger partial charge in [-0.15, -0.1) is 0 Å². The Balaban J connectivity index is 2.35. The van der Waals surface area contributed by atoms with Crippen LogP contribution in [0.15, 0.2) is 18.2 Å². The largest absolute Gasteiger partial charge is 0.478 e. The molecule has 0 spiro atoms. The van der Waals surface area contributed by atoms with E-state index >= 15 is 0 Å². The molecule has 1 atom stereocenters. The molecule has 20 heavy (non-hydrogen) atoms. The number of nitrogens with zero attached hydrogens (tertiary/aromatic N) is 2. The van der Waals surface area contributed by atoms with Crippen LogP contribution in [-0.4, -0.2) is 40.1 Å². The molecule has 0 bridgehead atoms. The fourth-order valence-corrected chi connectivity index (χ4v) is 3.45. The van der Waals surface area contributed by atoms with Crippen LogP contribution in [0.3, 0.4) is 0 Å². The zero-order chi connectivity index (χ0) is 14.7. The van der Waals surface area contributed by atoms with Gasteiger partial charge in [-0.1, -0.05) is 6.92 Å². The summed E-state index contributed by atoms with van der Waals surface area (Å²) >= 11 is 1.89. The number of benzene rings is 1. The number of anilines is 1. The fourth-order valence-electron chi connectivity index (χ4n) is 2.27. The number of carboxylic acids is 1. The maximum absolute atomic E-state index is 11.3. The van der Waals surface area contributed by atoms with E-state index in [1.807, 2.05) is 16.7 Å². The molecule has 1 fully saturated rings. The van der Waals surface area contributed by atoms with E-state index in [0.29, 0.717) is 10.9 Å². The molecule has 1 unspecified atom stereocenters. The first-order chi connectivity index (χ1) is 9.52. The third kappa shape index (κ3) is 3.04. The number of rotatable bonds is 4. The van der Waals surface area contributed by atoms with Gasteiger partial charge in [0.05, 0.1) is 16.2 Å². The third-order valence-electron chi connectivity index (χ3n) is 3.36. The molecule has 0 aliphatic carbocycles. The molecular formula is C13H16N2O4S. The number of thioether (sulfide) groups is 1. The second-order valence-corrected chi connectivity index (χ2v) is 6.02. The van der Waals surface area contributed by atoms with Crippen molar-refractivity contribution in [2.45, 2.75) is 18.6 Å². The van der Waals surface area contributed by atoms with Gasteiger partial charge in [-0.05, 0) is 12.5 Å². The molecule has 108 valence electrons. The second kappa shape index (κ2) is 6.13. The van der Waals surface area contributed by atoms with E-state index < -0.39 is 10.9 Å². The zero-order valence-corrected chi connectivity index (χ0v) is 11.9. The van der Waals surface area contributed by atoms with Gasteiger partial charge in [0, 0.05) is 36.2 Å². The Hall–Kier alpha value is -1.76. The van der Waals surface area contributed by atoms with E-state index in [9.17, 15) is 20.0 Å². The minimum absolute atomic E-state index is 0.000882. The minimum atomic E-state index is -1.13. The van der Waals surface area contributed by atoms with E-state index in [0.717, 1.165) is 31.3 Å². The molecule has 1 aliphatic rings. The normalized spacial score (nSPS) is 18.9. The summed E-state index contributed by atoms with van der Waals surface area (Å²) in [5, 5.41) is 20.5. The van der Waals surface area contributed by atoms with Gasteiger partial charge < -0.3 is 10.0 Å². The predicted octanol–water partition coefficient (Wildman–Crippen LogP) is 2.62. The number of carbonyl (C=O) groups is 1. The highest BCUT2D eigenvalue weighted by Gasteiger charge is 2.24. The lowest BCUT2D eigenvalue weighted by Crippen LogP contribution is -2.38. The number of aromatic carboxylic acids is 1. The van der Waals surface area contributed by atoms with Crippen molar-refractivity contribution in [2.24, 2.45) is 0 Å². The summed E-state index contributed by atoms with van der Waals surface area (Å²) in [5.74, 6) is -0.191. The van der Waals surface area contributed by atoms with Gasteiger partial charge in [-0.3, -0.25) is 10.1 Å². The van der Waals surface area contributed by atoms with Crippen molar-refractivity contribution in [3.05, 3.63) is 33.9 Å². The van der Waals surface area contributed by atoms with E-state index in [1.54, 1.807) is 6.07 Å². The van der Waals surface area contributed by atoms with Crippen LogP contribution in [0.25, 0.3) is 0 Å². The number of carboxylic acid groups (broad SMARTS) is 1. The Kier molecular flexibility index (Phi) is 4.49. The Morgan fingerprint density at radius 3 is 2.95 bits per heavy atom. The molecule has 7 heteroatoms. The van der Waals surface area contributed by atoms with Crippen LogP contribution in [0, 0.1) is 10.1 Å². The first kappa shape index (κ1) is 14.6. The van der Waals surface area contributed by atoms with Gasteiger partial charge in [0.2, 0.25) is 0 Å². The van der Waals surface area contributed by atoms with Gasteiger partial charge in [-0.2, -0.15) is 11.8 Å². The smallest absolute Gasteiger partial charge is 0.338 e. The van der Waals surface area contributed by atoms with Gasteiger partial charge in [-0.25, -0.2) is 4.79 Å². The van der Waals surface area contributed by atoms with Crippen molar-refractivity contribution in [3.63, 3.8) is 0 Å². The lowest BCUT2D eigenvalue weighted by molar-refractivity contribution is -0.384. The maximum atomic E-state index is 11.3. The molecule has 0 amide bonds. The summed E-state index contributed by atoms with van der Waals surface area (Å²) in [6.45, 7) is 3.65. The van der Waals surface area contributed by atoms with Crippen LogP contribution in [0.4, 0.5) is 11.4 Å². The lowest BCUT2D eigenvalue weighted by Gasteiger charge is -2.34. The average Bonchev–Trinajstić information content (AvgIpc) is 2.46. The average molecular weight is 296 g/mol. The van der Waals surface area contributed by atoms with E-state index in [1.165, 1.54) is 6.07 Å². The highest BCUT2D eigenvalue weighted by Crippen LogP contribution is 2.30. The minimum Gasteiger partial charge on any atom is -0.478 e. The van der Waals surface area contributed by atoms with Gasteiger partial charge >= 0.3 is 5.97 Å². The van der Waals surface area contributed by atoms with Gasteiger partial charge in [0.1, 0.15) is 0 Å². The number of nitro groups is 1. The standard InChI is InChI=1S/C13H16N2O4S/c1-2-10-8-14(5-6-20-10)12-4-3-9(15(18)19)7-11(12)13(16)17/h3-4,7,10H,2,5-6,8H2,1H3,(H,16,17). The third-order valence-corrected chi connectivity index (χ3v) is 4.73. The number of hydrogen-bond donors (Lipinski definition) is 1. The summed E-state index contributed by atoms with van der Waals surface area (Å²) < 4.78 is 0. The molecule has 1 aliphatic heterocycles. The van der Waals surface area contributed by atoms with E-state index in [4.69, 9.17) is 0 Å². The molecule has 0 radical (unpaired) electrons. The van der Waals surface area contributed by atoms with Crippen LogP contribution < -0.4 is 4.90 Å². The topological polar surface area (TPSA) is 83.7 Å². The molecule has 1 heterocycles. The molecular weight excluding hydrogens is 280 g/mol. The quantitative estimate of drug-likeness (QED) is 0.679. The van der Waals surface area contributed by atoms with Crippen LogP contribution in [0.2, 0.25) is 0 Å². The summed E-state index contributed by atoms with van der Waals surface area (Å²) in [4.78, 5) is 23.5. The monoisotopic (exact) mass is 296 g/mol. The summed E-state index contributed by atoms with van der Waals surface area (Å²) in [6.07, 6.45) is 1.02. The molecule has 1 N–H and O–H groups in total. The molecule has 0 saturated carbocycles. The lowest BCUT2D eigenvalue weighted by atomic mass is 10.1. The van der Waals surface area contributed by atoms with Crippen LogP contribution >= 0.6 is 11.8 Å². The van der Waals surface area contributed by atoms with Crippen LogP contribution in [-0.2, 0) is 0 Å². The Labute approximate surface area is 120 Å². The first-order valence-corrected chi connectivity index (χ1v) is 7.46. The highest BCUT2D eigenvalue weighted by atomic mass is 32.2. The van der Waals surface area contributed by atoms with Crippen LogP contribution in [0.1, 0.15) is 23.7 Å². The number of non-ortho nitro benzene ring substituents is 1. The molecule has 2 rings (SSSR count). The van der Waals surface area contributed by atoms with Crippen molar-refractivity contribution in [3.8, 4) is 0 Å². The zero-order valence-electron chi connectivity index (χ0n) is 11.1. The highest BCUT2D eigenvalue weighted by molar-refractivity contribution is 8.00. The molecule has 6 nitrogen and oxygen atoms in total. The first-order valence-electron chi connectivity index (χ1n) is 6.41. The van der Waals surface area contributed by atoms with Gasteiger partial charge in [0.25, 0.3) is 5.69 Å². The van der Waals surface area contributed by atoms with Gasteiger partial charge in [0.15, 0.2) is 0 Å². The predicted molar refractivity (Wildman–Crippen MR) is 78.8 cm³/mol. The molecule has 1 saturated heterocycles. The molecule has 1 aromatic rings. The second-order valence-electron chi connectivity index (χ2n) is 4.61.